The molecule has 0 saturated heterocycles. The first-order chi connectivity index (χ1) is 11.5. The summed E-state index contributed by atoms with van der Waals surface area (Å²) in [6, 6.07) is 15.8. The number of amides is 1. The van der Waals surface area contributed by atoms with Crippen LogP contribution in [0, 0.1) is 5.82 Å². The number of carbonyl (C=O) groups excluding carboxylic acids is 1. The maximum Gasteiger partial charge on any atom is 0.221 e. The van der Waals surface area contributed by atoms with E-state index < -0.39 is 0 Å². The van der Waals surface area contributed by atoms with Gasteiger partial charge in [-0.1, -0.05) is 42.5 Å². The molecule has 26 heavy (non-hydrogen) atoms. The number of carbonyl (C=O) groups is 1. The number of nitrogens with two attached hydrogens (primary N) is 1. The lowest BCUT2D eigenvalue weighted by atomic mass is 10.0. The predicted octanol–water partition coefficient (Wildman–Crippen LogP) is 3.31. The van der Waals surface area contributed by atoms with Gasteiger partial charge in [-0.3, -0.25) is 4.79 Å². The Labute approximate surface area is 166 Å². The summed E-state index contributed by atoms with van der Waals surface area (Å²) in [7, 11) is 1.96. The molecule has 4 nitrogen and oxygen atoms in total. The Morgan fingerprint density at radius 1 is 1.12 bits per heavy atom. The fourth-order valence-electron chi connectivity index (χ4n) is 2.46. The fraction of sp³-hybridized carbons (Fsp3) is 0.316. The van der Waals surface area contributed by atoms with Crippen LogP contribution in [0.15, 0.2) is 54.6 Å². The third-order valence-corrected chi connectivity index (χ3v) is 3.81. The summed E-state index contributed by atoms with van der Waals surface area (Å²) in [5.74, 6) is -0.287. The molecule has 0 saturated carbocycles. The number of hydrogen-bond donors (Lipinski definition) is 2. The zero-order chi connectivity index (χ0) is 17.4. The third-order valence-electron chi connectivity index (χ3n) is 3.81. The molecule has 3 N–H and O–H groups in total. The van der Waals surface area contributed by atoms with Crippen molar-refractivity contribution in [3.05, 3.63) is 71.5 Å². The molecule has 2 rings (SSSR count). The number of likely N-dealkylation sites (N-methyl/N-ethyl adjacent to an activating group) is 1. The second kappa shape index (κ2) is 12.7. The van der Waals surface area contributed by atoms with E-state index in [4.69, 9.17) is 5.73 Å². The molecule has 0 radical (unpaired) electrons. The molecule has 2 aromatic rings. The standard InChI is InChI=1S/C19H24FN3O.2ClH/c1-23(14-15-7-9-17(20)10-8-15)12-11-22-19(24)13-18(21)16-5-3-2-4-6-16;;/h2-10,18H,11-14,21H2,1H3,(H,22,24);2*1H. The minimum absolute atomic E-state index is 0. The second-order valence-electron chi connectivity index (χ2n) is 5.94. The molecule has 0 aliphatic carbocycles. The van der Waals surface area contributed by atoms with Gasteiger partial charge in [-0.05, 0) is 30.3 Å². The minimum atomic E-state index is -0.289. The van der Waals surface area contributed by atoms with E-state index in [9.17, 15) is 9.18 Å². The van der Waals surface area contributed by atoms with Crippen molar-refractivity contribution in [2.24, 2.45) is 5.73 Å². The lowest BCUT2D eigenvalue weighted by Gasteiger charge is -2.17. The molecule has 1 amide bonds. The molecule has 7 heteroatoms. The monoisotopic (exact) mass is 401 g/mol. The van der Waals surface area contributed by atoms with Gasteiger partial charge in [-0.2, -0.15) is 0 Å². The van der Waals surface area contributed by atoms with Crippen molar-refractivity contribution in [3.63, 3.8) is 0 Å². The summed E-state index contributed by atoms with van der Waals surface area (Å²) >= 11 is 0. The van der Waals surface area contributed by atoms with E-state index in [-0.39, 0.29) is 49.0 Å². The average Bonchev–Trinajstić information content (AvgIpc) is 2.57. The maximum atomic E-state index is 12.9. The Bertz CT molecular complexity index is 641. The molecule has 0 bridgehead atoms. The van der Waals surface area contributed by atoms with Gasteiger partial charge in [0.1, 0.15) is 5.82 Å². The number of hydrogen-bond acceptors (Lipinski definition) is 3. The van der Waals surface area contributed by atoms with Crippen molar-refractivity contribution in [1.29, 1.82) is 0 Å². The van der Waals surface area contributed by atoms with Crippen molar-refractivity contribution in [3.8, 4) is 0 Å². The van der Waals surface area contributed by atoms with Gasteiger partial charge < -0.3 is 16.0 Å². The molecule has 0 fully saturated rings. The van der Waals surface area contributed by atoms with Gasteiger partial charge in [-0.25, -0.2) is 4.39 Å². The third kappa shape index (κ3) is 8.63. The highest BCUT2D eigenvalue weighted by Crippen LogP contribution is 2.12. The molecule has 0 aliphatic rings. The summed E-state index contributed by atoms with van der Waals surface area (Å²) in [6.45, 7) is 1.97. The zero-order valence-corrected chi connectivity index (χ0v) is 16.4. The van der Waals surface area contributed by atoms with Gasteiger partial charge in [0.05, 0.1) is 0 Å². The SMILES string of the molecule is CN(CCNC(=O)CC(N)c1ccccc1)Cc1ccc(F)cc1.Cl.Cl. The van der Waals surface area contributed by atoms with Crippen LogP contribution < -0.4 is 11.1 Å². The quantitative estimate of drug-likeness (QED) is 0.713. The van der Waals surface area contributed by atoms with Gasteiger partial charge in [0.25, 0.3) is 0 Å². The molecule has 2 aromatic carbocycles. The van der Waals surface area contributed by atoms with E-state index in [0.717, 1.165) is 11.1 Å². The van der Waals surface area contributed by atoms with Crippen LogP contribution in [-0.2, 0) is 11.3 Å². The fourth-order valence-corrected chi connectivity index (χ4v) is 2.46. The van der Waals surface area contributed by atoms with E-state index >= 15 is 0 Å². The van der Waals surface area contributed by atoms with Crippen molar-refractivity contribution >= 4 is 30.7 Å². The first-order valence-corrected chi connectivity index (χ1v) is 8.05. The second-order valence-corrected chi connectivity index (χ2v) is 5.94. The number of nitrogens with zero attached hydrogens (tertiary/aromatic N) is 1. The van der Waals surface area contributed by atoms with Gasteiger partial charge in [0.15, 0.2) is 0 Å². The summed E-state index contributed by atoms with van der Waals surface area (Å²) in [4.78, 5) is 14.0. The molecule has 0 spiro atoms. The first kappa shape index (κ1) is 24.3. The minimum Gasteiger partial charge on any atom is -0.355 e. The topological polar surface area (TPSA) is 58.4 Å². The Morgan fingerprint density at radius 2 is 1.73 bits per heavy atom. The molecule has 144 valence electrons. The molecular weight excluding hydrogens is 376 g/mol. The molecule has 1 unspecified atom stereocenters. The van der Waals surface area contributed by atoms with Crippen LogP contribution in [0.4, 0.5) is 4.39 Å². The molecular formula is C19H26Cl2FN3O. The van der Waals surface area contributed by atoms with Gasteiger partial charge in [0.2, 0.25) is 5.91 Å². The summed E-state index contributed by atoms with van der Waals surface area (Å²) in [5, 5.41) is 2.89. The van der Waals surface area contributed by atoms with E-state index in [1.54, 1.807) is 12.1 Å². The Balaban J connectivity index is 0.00000312. The van der Waals surface area contributed by atoms with Gasteiger partial charge in [0, 0.05) is 32.1 Å². The number of nitrogens with one attached hydrogen (secondary N) is 1. The highest BCUT2D eigenvalue weighted by atomic mass is 35.5. The van der Waals surface area contributed by atoms with Crippen molar-refractivity contribution in [2.45, 2.75) is 19.0 Å². The molecule has 0 aromatic heterocycles. The van der Waals surface area contributed by atoms with Crippen molar-refractivity contribution in [1.82, 2.24) is 10.2 Å². The predicted molar refractivity (Wildman–Crippen MR) is 108 cm³/mol. The van der Waals surface area contributed by atoms with Crippen LogP contribution in [0.1, 0.15) is 23.6 Å². The largest absolute Gasteiger partial charge is 0.355 e. The van der Waals surface area contributed by atoms with Crippen molar-refractivity contribution < 1.29 is 9.18 Å². The van der Waals surface area contributed by atoms with E-state index in [1.807, 2.05) is 37.4 Å². The van der Waals surface area contributed by atoms with Crippen molar-refractivity contribution in [2.75, 3.05) is 20.1 Å². The van der Waals surface area contributed by atoms with Crippen LogP contribution in [-0.4, -0.2) is 30.9 Å². The summed E-state index contributed by atoms with van der Waals surface area (Å²) in [5.41, 5.74) is 8.04. The van der Waals surface area contributed by atoms with E-state index in [1.165, 1.54) is 12.1 Å². The number of rotatable bonds is 8. The van der Waals surface area contributed by atoms with E-state index in [2.05, 4.69) is 10.2 Å². The Morgan fingerprint density at radius 3 is 2.35 bits per heavy atom. The Hall–Kier alpha value is -1.66. The summed E-state index contributed by atoms with van der Waals surface area (Å²) < 4.78 is 12.9. The van der Waals surface area contributed by atoms with E-state index in [0.29, 0.717) is 19.6 Å². The summed E-state index contributed by atoms with van der Waals surface area (Å²) in [6.07, 6.45) is 0.270. The smallest absolute Gasteiger partial charge is 0.221 e. The normalized spacial score (nSPS) is 11.2. The first-order valence-electron chi connectivity index (χ1n) is 8.05. The average molecular weight is 402 g/mol. The van der Waals surface area contributed by atoms with Crippen LogP contribution in [0.25, 0.3) is 0 Å². The van der Waals surface area contributed by atoms with Gasteiger partial charge >= 0.3 is 0 Å². The Kier molecular flexibility index (Phi) is 11.8. The molecule has 0 heterocycles. The molecule has 0 aliphatic heterocycles. The van der Waals surface area contributed by atoms with Gasteiger partial charge in [-0.15, -0.1) is 24.8 Å². The lowest BCUT2D eigenvalue weighted by molar-refractivity contribution is -0.121. The number of benzene rings is 2. The highest BCUT2D eigenvalue weighted by molar-refractivity contribution is 5.85. The van der Waals surface area contributed by atoms with Crippen LogP contribution in [0.2, 0.25) is 0 Å². The molecule has 1 atom stereocenters. The van der Waals surface area contributed by atoms with Crippen LogP contribution >= 0.6 is 24.8 Å². The highest BCUT2D eigenvalue weighted by Gasteiger charge is 2.11. The zero-order valence-electron chi connectivity index (χ0n) is 14.7. The van der Waals surface area contributed by atoms with Crippen LogP contribution in [0.3, 0.4) is 0 Å². The maximum absolute atomic E-state index is 12.9. The van der Waals surface area contributed by atoms with Crippen LogP contribution in [0.5, 0.6) is 0 Å². The number of halogens is 3. The lowest BCUT2D eigenvalue weighted by Crippen LogP contribution is -2.34.